The average Bonchev–Trinajstić information content (AvgIpc) is 3.14. The molecule has 0 unspecified atom stereocenters. The lowest BCUT2D eigenvalue weighted by atomic mass is 10.2. The number of aromatic nitrogens is 3. The standard InChI is InChI=1S/C19H13FN4O2/c20-14-3-7-17(8-4-14)25-16-5-1-12(2-6-16)18-23-19(26-24-18)13-9-15(21)11-22-10-13/h1-11H,21H2. The molecular formula is C19H13FN4O2. The summed E-state index contributed by atoms with van der Waals surface area (Å²) in [5.41, 5.74) is 7.65. The molecule has 26 heavy (non-hydrogen) atoms. The third-order valence-electron chi connectivity index (χ3n) is 3.59. The predicted octanol–water partition coefficient (Wildman–Crippen LogP) is 4.31. The quantitative estimate of drug-likeness (QED) is 0.591. The minimum Gasteiger partial charge on any atom is -0.457 e. The Hall–Kier alpha value is -3.74. The predicted molar refractivity (Wildman–Crippen MR) is 93.9 cm³/mol. The fourth-order valence-corrected chi connectivity index (χ4v) is 2.34. The first-order valence-electron chi connectivity index (χ1n) is 7.76. The van der Waals surface area contributed by atoms with Crippen molar-refractivity contribution >= 4 is 5.69 Å². The van der Waals surface area contributed by atoms with E-state index < -0.39 is 0 Å². The molecule has 2 aromatic heterocycles. The van der Waals surface area contributed by atoms with Crippen LogP contribution in [0.5, 0.6) is 11.5 Å². The van der Waals surface area contributed by atoms with Crippen LogP contribution in [0.4, 0.5) is 10.1 Å². The zero-order chi connectivity index (χ0) is 17.9. The first kappa shape index (κ1) is 15.8. The van der Waals surface area contributed by atoms with Gasteiger partial charge < -0.3 is 15.0 Å². The normalized spacial score (nSPS) is 10.7. The van der Waals surface area contributed by atoms with Gasteiger partial charge in [0.05, 0.1) is 11.3 Å². The summed E-state index contributed by atoms with van der Waals surface area (Å²) in [5.74, 6) is 1.64. The van der Waals surface area contributed by atoms with Gasteiger partial charge in [-0.05, 0) is 54.6 Å². The van der Waals surface area contributed by atoms with E-state index in [0.29, 0.717) is 34.5 Å². The van der Waals surface area contributed by atoms with Crippen LogP contribution in [0.3, 0.4) is 0 Å². The van der Waals surface area contributed by atoms with Crippen LogP contribution in [0.1, 0.15) is 0 Å². The molecule has 0 aliphatic heterocycles. The highest BCUT2D eigenvalue weighted by Gasteiger charge is 2.11. The number of nitrogens with zero attached hydrogens (tertiary/aromatic N) is 3. The molecule has 0 atom stereocenters. The van der Waals surface area contributed by atoms with Gasteiger partial charge in [-0.1, -0.05) is 5.16 Å². The molecule has 2 N–H and O–H groups in total. The maximum atomic E-state index is 12.9. The number of ether oxygens (including phenoxy) is 1. The summed E-state index contributed by atoms with van der Waals surface area (Å²) in [6.45, 7) is 0. The number of benzene rings is 2. The number of pyridine rings is 1. The van der Waals surface area contributed by atoms with Gasteiger partial charge >= 0.3 is 0 Å². The molecule has 128 valence electrons. The molecule has 4 rings (SSSR count). The zero-order valence-electron chi connectivity index (χ0n) is 13.5. The van der Waals surface area contributed by atoms with E-state index in [1.807, 2.05) is 12.1 Å². The first-order chi connectivity index (χ1) is 12.7. The number of hydrogen-bond acceptors (Lipinski definition) is 6. The Morgan fingerprint density at radius 3 is 2.27 bits per heavy atom. The summed E-state index contributed by atoms with van der Waals surface area (Å²) in [4.78, 5) is 8.37. The summed E-state index contributed by atoms with van der Waals surface area (Å²) in [6.07, 6.45) is 3.15. The van der Waals surface area contributed by atoms with Crippen molar-refractivity contribution in [1.29, 1.82) is 0 Å². The SMILES string of the molecule is Nc1cncc(-c2nc(-c3ccc(Oc4ccc(F)cc4)cc3)no2)c1. The second-order valence-corrected chi connectivity index (χ2v) is 5.51. The summed E-state index contributed by atoms with van der Waals surface area (Å²) in [7, 11) is 0. The molecule has 4 aromatic rings. The van der Waals surface area contributed by atoms with Crippen LogP contribution >= 0.6 is 0 Å². The third kappa shape index (κ3) is 3.36. The van der Waals surface area contributed by atoms with E-state index >= 15 is 0 Å². The van der Waals surface area contributed by atoms with Crippen molar-refractivity contribution in [3.8, 4) is 34.3 Å². The van der Waals surface area contributed by atoms with Gasteiger partial charge in [-0.3, -0.25) is 4.98 Å². The van der Waals surface area contributed by atoms with E-state index in [0.717, 1.165) is 5.56 Å². The molecule has 2 aromatic carbocycles. The van der Waals surface area contributed by atoms with Crippen LogP contribution in [-0.2, 0) is 0 Å². The Morgan fingerprint density at radius 1 is 0.885 bits per heavy atom. The van der Waals surface area contributed by atoms with Gasteiger partial charge in [0.1, 0.15) is 17.3 Å². The van der Waals surface area contributed by atoms with Crippen molar-refractivity contribution in [2.75, 3.05) is 5.73 Å². The highest BCUT2D eigenvalue weighted by Crippen LogP contribution is 2.26. The van der Waals surface area contributed by atoms with Gasteiger partial charge in [-0.25, -0.2) is 4.39 Å². The van der Waals surface area contributed by atoms with Crippen LogP contribution < -0.4 is 10.5 Å². The maximum Gasteiger partial charge on any atom is 0.259 e. The van der Waals surface area contributed by atoms with Crippen LogP contribution in [0.25, 0.3) is 22.8 Å². The molecule has 0 fully saturated rings. The maximum absolute atomic E-state index is 12.9. The van der Waals surface area contributed by atoms with Crippen molar-refractivity contribution in [3.05, 3.63) is 72.8 Å². The lowest BCUT2D eigenvalue weighted by Crippen LogP contribution is -1.88. The molecule has 2 heterocycles. The van der Waals surface area contributed by atoms with E-state index in [9.17, 15) is 4.39 Å². The van der Waals surface area contributed by atoms with E-state index in [4.69, 9.17) is 15.0 Å². The fraction of sp³-hybridized carbons (Fsp3) is 0. The van der Waals surface area contributed by atoms with Gasteiger partial charge in [0.25, 0.3) is 5.89 Å². The second kappa shape index (κ2) is 6.64. The van der Waals surface area contributed by atoms with Crippen LogP contribution in [0.15, 0.2) is 71.5 Å². The van der Waals surface area contributed by atoms with Gasteiger partial charge in [0, 0.05) is 18.0 Å². The molecule has 0 amide bonds. The van der Waals surface area contributed by atoms with Gasteiger partial charge in [-0.2, -0.15) is 4.98 Å². The van der Waals surface area contributed by atoms with Crippen molar-refractivity contribution in [2.45, 2.75) is 0 Å². The van der Waals surface area contributed by atoms with Gasteiger partial charge in [0.2, 0.25) is 5.82 Å². The van der Waals surface area contributed by atoms with E-state index in [2.05, 4.69) is 15.1 Å². The van der Waals surface area contributed by atoms with Crippen molar-refractivity contribution in [2.24, 2.45) is 0 Å². The van der Waals surface area contributed by atoms with E-state index in [-0.39, 0.29) is 5.82 Å². The third-order valence-corrected chi connectivity index (χ3v) is 3.59. The Kier molecular flexibility index (Phi) is 4.03. The summed E-state index contributed by atoms with van der Waals surface area (Å²) >= 11 is 0. The summed E-state index contributed by atoms with van der Waals surface area (Å²) in [6, 6.07) is 14.7. The molecule has 0 aliphatic carbocycles. The molecule has 0 bridgehead atoms. The monoisotopic (exact) mass is 348 g/mol. The smallest absolute Gasteiger partial charge is 0.259 e. The molecular weight excluding hydrogens is 335 g/mol. The first-order valence-corrected chi connectivity index (χ1v) is 7.76. The molecule has 0 saturated carbocycles. The average molecular weight is 348 g/mol. The lowest BCUT2D eigenvalue weighted by molar-refractivity contribution is 0.432. The number of nitrogen functional groups attached to an aromatic ring is 1. The minimum absolute atomic E-state index is 0.309. The molecule has 0 radical (unpaired) electrons. The number of anilines is 1. The summed E-state index contributed by atoms with van der Waals surface area (Å²) in [5, 5.41) is 3.98. The van der Waals surface area contributed by atoms with Crippen molar-refractivity contribution in [1.82, 2.24) is 15.1 Å². The molecule has 6 nitrogen and oxygen atoms in total. The Morgan fingerprint density at radius 2 is 1.58 bits per heavy atom. The number of halogens is 1. The second-order valence-electron chi connectivity index (χ2n) is 5.51. The Labute approximate surface area is 148 Å². The van der Waals surface area contributed by atoms with Crippen LogP contribution in [-0.4, -0.2) is 15.1 Å². The highest BCUT2D eigenvalue weighted by atomic mass is 19.1. The zero-order valence-corrected chi connectivity index (χ0v) is 13.5. The van der Waals surface area contributed by atoms with E-state index in [1.54, 1.807) is 42.7 Å². The van der Waals surface area contributed by atoms with Gasteiger partial charge in [-0.15, -0.1) is 0 Å². The highest BCUT2D eigenvalue weighted by molar-refractivity contribution is 5.62. The molecule has 0 saturated heterocycles. The van der Waals surface area contributed by atoms with Crippen molar-refractivity contribution in [3.63, 3.8) is 0 Å². The fourth-order valence-electron chi connectivity index (χ4n) is 2.34. The van der Waals surface area contributed by atoms with Crippen LogP contribution in [0.2, 0.25) is 0 Å². The minimum atomic E-state index is -0.309. The topological polar surface area (TPSA) is 87.1 Å². The largest absolute Gasteiger partial charge is 0.457 e. The Bertz CT molecular complexity index is 1030. The number of hydrogen-bond donors (Lipinski definition) is 1. The molecule has 0 spiro atoms. The van der Waals surface area contributed by atoms with E-state index in [1.165, 1.54) is 12.1 Å². The lowest BCUT2D eigenvalue weighted by Gasteiger charge is -2.05. The summed E-state index contributed by atoms with van der Waals surface area (Å²) < 4.78 is 23.9. The van der Waals surface area contributed by atoms with Crippen LogP contribution in [0, 0.1) is 5.82 Å². The van der Waals surface area contributed by atoms with Crippen molar-refractivity contribution < 1.29 is 13.7 Å². The van der Waals surface area contributed by atoms with Gasteiger partial charge in [0.15, 0.2) is 0 Å². The number of rotatable bonds is 4. The Balaban J connectivity index is 1.53. The molecule has 7 heteroatoms. The number of nitrogens with two attached hydrogens (primary N) is 1. The molecule has 0 aliphatic rings.